The molecule has 0 heterocycles. The first-order valence-electron chi connectivity index (χ1n) is 10.4. The Morgan fingerprint density at radius 1 is 0.692 bits per heavy atom. The van der Waals surface area contributed by atoms with Crippen molar-refractivity contribution >= 4 is 11.4 Å². The monoisotopic (exact) mass is 353 g/mol. The third-order valence-electron chi connectivity index (χ3n) is 4.91. The molecule has 2 heteroatoms. The fraction of sp³-hybridized carbons (Fsp3) is 0.500. The summed E-state index contributed by atoms with van der Waals surface area (Å²) in [5.74, 6) is 0.285. The van der Waals surface area contributed by atoms with Crippen LogP contribution >= 0.6 is 0 Å². The fourth-order valence-electron chi connectivity index (χ4n) is 3.32. The largest absolute Gasteiger partial charge is 0.508 e. The van der Waals surface area contributed by atoms with Crippen molar-refractivity contribution in [2.45, 2.75) is 77.6 Å². The molecular weight excluding hydrogens is 318 g/mol. The van der Waals surface area contributed by atoms with Crippen LogP contribution in [0.1, 0.15) is 76.7 Å². The second kappa shape index (κ2) is 12.4. The van der Waals surface area contributed by atoms with Crippen LogP contribution in [0.15, 0.2) is 48.5 Å². The minimum atomic E-state index is 0.285. The van der Waals surface area contributed by atoms with Crippen LogP contribution in [0, 0.1) is 0 Å². The van der Waals surface area contributed by atoms with E-state index in [2.05, 4.69) is 36.5 Å². The molecule has 0 radical (unpaired) electrons. The number of aryl methyl sites for hydroxylation is 1. The van der Waals surface area contributed by atoms with Crippen molar-refractivity contribution in [3.63, 3.8) is 0 Å². The minimum absolute atomic E-state index is 0.285. The maximum Gasteiger partial charge on any atom is 0.117 e. The molecule has 0 aliphatic rings. The first-order valence-corrected chi connectivity index (χ1v) is 10.4. The van der Waals surface area contributed by atoms with Gasteiger partial charge in [0.25, 0.3) is 0 Å². The third kappa shape index (κ3) is 8.42. The van der Waals surface area contributed by atoms with Crippen LogP contribution < -0.4 is 5.32 Å². The summed E-state index contributed by atoms with van der Waals surface area (Å²) in [6.45, 7) is 2.28. The van der Waals surface area contributed by atoms with Gasteiger partial charge in [0.05, 0.1) is 0 Å². The van der Waals surface area contributed by atoms with Gasteiger partial charge in [-0.05, 0) is 42.7 Å². The van der Waals surface area contributed by atoms with Gasteiger partial charge < -0.3 is 10.4 Å². The molecule has 142 valence electrons. The second-order valence-electron chi connectivity index (χ2n) is 7.30. The number of nitrogens with one attached hydrogen (secondary N) is 1. The summed E-state index contributed by atoms with van der Waals surface area (Å²) < 4.78 is 0. The molecule has 0 unspecified atom stereocenters. The molecule has 2 aromatic carbocycles. The number of rotatable bonds is 13. The van der Waals surface area contributed by atoms with E-state index in [-0.39, 0.29) is 5.75 Å². The van der Waals surface area contributed by atoms with Crippen molar-refractivity contribution in [3.05, 3.63) is 54.1 Å². The number of aromatic hydroxyl groups is 1. The van der Waals surface area contributed by atoms with Gasteiger partial charge in [0.2, 0.25) is 0 Å². The lowest BCUT2D eigenvalue weighted by molar-refractivity contribution is 0.475. The van der Waals surface area contributed by atoms with Gasteiger partial charge in [0.15, 0.2) is 0 Å². The molecule has 0 fully saturated rings. The Labute approximate surface area is 159 Å². The first-order chi connectivity index (χ1) is 12.8. The summed E-state index contributed by atoms with van der Waals surface area (Å²) in [7, 11) is 0. The van der Waals surface area contributed by atoms with E-state index in [1.54, 1.807) is 12.1 Å². The average molecular weight is 354 g/mol. The first kappa shape index (κ1) is 20.4. The van der Waals surface area contributed by atoms with Gasteiger partial charge in [-0.15, -0.1) is 0 Å². The molecule has 0 aliphatic carbocycles. The van der Waals surface area contributed by atoms with Crippen LogP contribution in [0.4, 0.5) is 11.4 Å². The van der Waals surface area contributed by atoms with Gasteiger partial charge in [-0.3, -0.25) is 0 Å². The highest BCUT2D eigenvalue weighted by Crippen LogP contribution is 2.21. The van der Waals surface area contributed by atoms with Crippen LogP contribution in [-0.4, -0.2) is 5.11 Å². The van der Waals surface area contributed by atoms with Gasteiger partial charge >= 0.3 is 0 Å². The zero-order valence-electron chi connectivity index (χ0n) is 16.3. The molecular formula is C24H35NO. The predicted molar refractivity (Wildman–Crippen MR) is 113 cm³/mol. The van der Waals surface area contributed by atoms with Crippen LogP contribution in [0.2, 0.25) is 0 Å². The van der Waals surface area contributed by atoms with E-state index in [9.17, 15) is 5.11 Å². The lowest BCUT2D eigenvalue weighted by atomic mass is 10.0. The summed E-state index contributed by atoms with van der Waals surface area (Å²) in [5.41, 5.74) is 3.38. The SMILES string of the molecule is CCCCCCCCCCCCc1ccc(Nc2cccc(O)c2)cc1. The summed E-state index contributed by atoms with van der Waals surface area (Å²) in [6.07, 6.45) is 15.0. The van der Waals surface area contributed by atoms with Crippen molar-refractivity contribution in [2.24, 2.45) is 0 Å². The molecule has 0 spiro atoms. The molecule has 0 bridgehead atoms. The molecule has 2 rings (SSSR count). The number of hydrogen-bond donors (Lipinski definition) is 2. The van der Waals surface area contributed by atoms with Gasteiger partial charge in [-0.2, -0.15) is 0 Å². The average Bonchev–Trinajstić information content (AvgIpc) is 2.65. The van der Waals surface area contributed by atoms with Gasteiger partial charge in [-0.25, -0.2) is 0 Å². The zero-order chi connectivity index (χ0) is 18.5. The molecule has 2 N–H and O–H groups in total. The lowest BCUT2D eigenvalue weighted by Crippen LogP contribution is -1.91. The van der Waals surface area contributed by atoms with Crippen molar-refractivity contribution in [1.29, 1.82) is 0 Å². The summed E-state index contributed by atoms with van der Waals surface area (Å²) in [4.78, 5) is 0. The normalized spacial score (nSPS) is 10.8. The number of phenols is 1. The molecule has 2 aromatic rings. The number of unbranched alkanes of at least 4 members (excludes halogenated alkanes) is 9. The molecule has 2 nitrogen and oxygen atoms in total. The highest BCUT2D eigenvalue weighted by atomic mass is 16.3. The van der Waals surface area contributed by atoms with Gasteiger partial charge in [0.1, 0.15) is 5.75 Å². The Kier molecular flexibility index (Phi) is 9.71. The summed E-state index contributed by atoms with van der Waals surface area (Å²) in [6, 6.07) is 15.9. The van der Waals surface area contributed by atoms with E-state index >= 15 is 0 Å². The molecule has 0 saturated heterocycles. The smallest absolute Gasteiger partial charge is 0.117 e. The van der Waals surface area contributed by atoms with Gasteiger partial charge in [-0.1, -0.05) is 82.9 Å². The number of phenolic OH excluding ortho intramolecular Hbond substituents is 1. The zero-order valence-corrected chi connectivity index (χ0v) is 16.3. The minimum Gasteiger partial charge on any atom is -0.508 e. The quantitative estimate of drug-likeness (QED) is 0.363. The number of hydrogen-bond acceptors (Lipinski definition) is 2. The lowest BCUT2D eigenvalue weighted by Gasteiger charge is -2.08. The Balaban J connectivity index is 1.56. The molecule has 0 atom stereocenters. The molecule has 0 aromatic heterocycles. The molecule has 0 aliphatic heterocycles. The second-order valence-corrected chi connectivity index (χ2v) is 7.30. The van der Waals surface area contributed by atoms with Crippen LogP contribution in [0.5, 0.6) is 5.75 Å². The van der Waals surface area contributed by atoms with E-state index in [0.717, 1.165) is 11.4 Å². The molecule has 26 heavy (non-hydrogen) atoms. The highest BCUT2D eigenvalue weighted by molar-refractivity contribution is 5.61. The van der Waals surface area contributed by atoms with E-state index in [0.29, 0.717) is 0 Å². The molecule has 0 amide bonds. The van der Waals surface area contributed by atoms with Crippen LogP contribution in [0.25, 0.3) is 0 Å². The Hall–Kier alpha value is -1.96. The molecule has 0 saturated carbocycles. The van der Waals surface area contributed by atoms with Crippen LogP contribution in [0.3, 0.4) is 0 Å². The van der Waals surface area contributed by atoms with Crippen LogP contribution in [-0.2, 0) is 6.42 Å². The summed E-state index contributed by atoms with van der Waals surface area (Å²) in [5, 5.41) is 12.8. The van der Waals surface area contributed by atoms with Crippen molar-refractivity contribution in [2.75, 3.05) is 5.32 Å². The Morgan fingerprint density at radius 3 is 1.92 bits per heavy atom. The fourth-order valence-corrected chi connectivity index (χ4v) is 3.32. The number of benzene rings is 2. The Morgan fingerprint density at radius 2 is 1.31 bits per heavy atom. The highest BCUT2D eigenvalue weighted by Gasteiger charge is 1.98. The van der Waals surface area contributed by atoms with E-state index in [1.165, 1.54) is 76.2 Å². The standard InChI is InChI=1S/C24H35NO/c1-2-3-4-5-6-7-8-9-10-11-13-21-16-18-22(19-17-21)25-23-14-12-15-24(26)20-23/h12,14-20,25-26H,2-11,13H2,1H3. The Bertz CT molecular complexity index is 606. The topological polar surface area (TPSA) is 32.3 Å². The van der Waals surface area contributed by atoms with E-state index in [1.807, 2.05) is 12.1 Å². The summed E-state index contributed by atoms with van der Waals surface area (Å²) >= 11 is 0. The maximum absolute atomic E-state index is 9.52. The van der Waals surface area contributed by atoms with Crippen molar-refractivity contribution < 1.29 is 5.11 Å². The van der Waals surface area contributed by atoms with Crippen molar-refractivity contribution in [3.8, 4) is 5.75 Å². The maximum atomic E-state index is 9.52. The van der Waals surface area contributed by atoms with Gasteiger partial charge in [0, 0.05) is 17.4 Å². The predicted octanol–water partition coefficient (Wildman–Crippen LogP) is 7.60. The van der Waals surface area contributed by atoms with E-state index < -0.39 is 0 Å². The number of anilines is 2. The van der Waals surface area contributed by atoms with Crippen molar-refractivity contribution in [1.82, 2.24) is 0 Å². The van der Waals surface area contributed by atoms with E-state index in [4.69, 9.17) is 0 Å². The third-order valence-corrected chi connectivity index (χ3v) is 4.91.